The highest BCUT2D eigenvalue weighted by molar-refractivity contribution is 5.15. The first kappa shape index (κ1) is 15.0. The Morgan fingerprint density at radius 2 is 1.95 bits per heavy atom. The summed E-state index contributed by atoms with van der Waals surface area (Å²) >= 11 is 0. The molecule has 2 aliphatic rings. The van der Waals surface area contributed by atoms with Crippen molar-refractivity contribution in [1.82, 2.24) is 4.90 Å². The second kappa shape index (κ2) is 6.91. The minimum absolute atomic E-state index is 0.00622. The Morgan fingerprint density at radius 3 is 2.57 bits per heavy atom. The zero-order valence-electron chi connectivity index (χ0n) is 12.8. The van der Waals surface area contributed by atoms with Crippen LogP contribution in [0.25, 0.3) is 0 Å². The lowest BCUT2D eigenvalue weighted by Gasteiger charge is -2.37. The summed E-state index contributed by atoms with van der Waals surface area (Å²) in [5, 5.41) is 9.69. The van der Waals surface area contributed by atoms with Gasteiger partial charge in [0, 0.05) is 18.6 Å². The van der Waals surface area contributed by atoms with E-state index >= 15 is 0 Å². The van der Waals surface area contributed by atoms with Crippen LogP contribution in [0.15, 0.2) is 30.3 Å². The molecule has 2 heterocycles. The smallest absolute Gasteiger partial charge is 0.0557 e. The average Bonchev–Trinajstić information content (AvgIpc) is 2.99. The molecule has 0 spiro atoms. The van der Waals surface area contributed by atoms with Crippen molar-refractivity contribution in [3.05, 3.63) is 35.9 Å². The number of hydrogen-bond donors (Lipinski definition) is 1. The molecule has 1 N–H and O–H groups in total. The van der Waals surface area contributed by atoms with Crippen LogP contribution in [0.1, 0.15) is 24.8 Å². The highest BCUT2D eigenvalue weighted by atomic mass is 16.5. The van der Waals surface area contributed by atoms with E-state index in [0.717, 1.165) is 32.1 Å². The molecule has 3 heteroatoms. The van der Waals surface area contributed by atoms with Gasteiger partial charge in [0.1, 0.15) is 0 Å². The van der Waals surface area contributed by atoms with Crippen molar-refractivity contribution in [3.8, 4) is 0 Å². The SMILES string of the molecule is OCC1(CN2CCC(Cc3ccccc3)CC2)CCOC1. The number of hydrogen-bond acceptors (Lipinski definition) is 3. The fourth-order valence-electron chi connectivity index (χ4n) is 3.72. The molecule has 1 aromatic rings. The van der Waals surface area contributed by atoms with Gasteiger partial charge in [0.15, 0.2) is 0 Å². The molecular weight excluding hydrogens is 262 g/mol. The maximum Gasteiger partial charge on any atom is 0.0557 e. The predicted molar refractivity (Wildman–Crippen MR) is 84.3 cm³/mol. The van der Waals surface area contributed by atoms with Gasteiger partial charge in [0.05, 0.1) is 13.2 Å². The van der Waals surface area contributed by atoms with Gasteiger partial charge in [0.25, 0.3) is 0 Å². The van der Waals surface area contributed by atoms with Crippen molar-refractivity contribution in [2.75, 3.05) is 39.5 Å². The summed E-state index contributed by atoms with van der Waals surface area (Å²) in [4.78, 5) is 2.53. The van der Waals surface area contributed by atoms with Crippen LogP contribution in [0.5, 0.6) is 0 Å². The van der Waals surface area contributed by atoms with Gasteiger partial charge in [-0.3, -0.25) is 0 Å². The molecular formula is C18H27NO2. The van der Waals surface area contributed by atoms with E-state index in [4.69, 9.17) is 4.74 Å². The third-order valence-electron chi connectivity index (χ3n) is 5.15. The van der Waals surface area contributed by atoms with Crippen LogP contribution in [-0.4, -0.2) is 49.5 Å². The fraction of sp³-hybridized carbons (Fsp3) is 0.667. The van der Waals surface area contributed by atoms with Crippen molar-refractivity contribution in [1.29, 1.82) is 0 Å². The monoisotopic (exact) mass is 289 g/mol. The van der Waals surface area contributed by atoms with Crippen LogP contribution < -0.4 is 0 Å². The van der Waals surface area contributed by atoms with Crippen molar-refractivity contribution in [2.24, 2.45) is 11.3 Å². The second-order valence-corrected chi connectivity index (χ2v) is 6.87. The van der Waals surface area contributed by atoms with E-state index in [9.17, 15) is 5.11 Å². The van der Waals surface area contributed by atoms with E-state index in [1.165, 1.54) is 37.9 Å². The van der Waals surface area contributed by atoms with Crippen LogP contribution >= 0.6 is 0 Å². The minimum Gasteiger partial charge on any atom is -0.396 e. The van der Waals surface area contributed by atoms with E-state index in [-0.39, 0.29) is 12.0 Å². The molecule has 3 rings (SSSR count). The summed E-state index contributed by atoms with van der Waals surface area (Å²) in [6.07, 6.45) is 4.77. The first-order valence-electron chi connectivity index (χ1n) is 8.25. The lowest BCUT2D eigenvalue weighted by atomic mass is 9.85. The molecule has 1 aromatic carbocycles. The molecule has 0 bridgehead atoms. The van der Waals surface area contributed by atoms with Gasteiger partial charge in [-0.2, -0.15) is 0 Å². The van der Waals surface area contributed by atoms with E-state index < -0.39 is 0 Å². The molecule has 2 saturated heterocycles. The van der Waals surface area contributed by atoms with Crippen molar-refractivity contribution >= 4 is 0 Å². The standard InChI is InChI=1S/C18H27NO2/c20-14-18(8-11-21-15-18)13-19-9-6-17(7-10-19)12-16-4-2-1-3-5-16/h1-5,17,20H,6-15H2. The third kappa shape index (κ3) is 3.85. The number of benzene rings is 1. The fourth-order valence-corrected chi connectivity index (χ4v) is 3.72. The number of rotatable bonds is 5. The Hall–Kier alpha value is -0.900. The van der Waals surface area contributed by atoms with E-state index in [1.54, 1.807) is 0 Å². The molecule has 0 radical (unpaired) electrons. The predicted octanol–water partition coefficient (Wildman–Crippen LogP) is 2.34. The maximum atomic E-state index is 9.69. The molecule has 0 amide bonds. The summed E-state index contributed by atoms with van der Waals surface area (Å²) in [5.41, 5.74) is 1.47. The van der Waals surface area contributed by atoms with Crippen LogP contribution in [0, 0.1) is 11.3 Å². The van der Waals surface area contributed by atoms with Gasteiger partial charge in [-0.05, 0) is 50.3 Å². The third-order valence-corrected chi connectivity index (χ3v) is 5.15. The molecule has 3 nitrogen and oxygen atoms in total. The molecule has 1 unspecified atom stereocenters. The van der Waals surface area contributed by atoms with Gasteiger partial charge in [-0.25, -0.2) is 0 Å². The number of piperidine rings is 1. The Balaban J connectivity index is 1.47. The first-order chi connectivity index (χ1) is 10.3. The van der Waals surface area contributed by atoms with Crippen LogP contribution in [0.3, 0.4) is 0 Å². The Morgan fingerprint density at radius 1 is 1.19 bits per heavy atom. The molecule has 116 valence electrons. The number of likely N-dealkylation sites (tertiary alicyclic amines) is 1. The summed E-state index contributed by atoms with van der Waals surface area (Å²) in [7, 11) is 0. The van der Waals surface area contributed by atoms with Gasteiger partial charge in [0.2, 0.25) is 0 Å². The number of ether oxygens (including phenoxy) is 1. The van der Waals surface area contributed by atoms with Gasteiger partial charge in [-0.15, -0.1) is 0 Å². The molecule has 1 atom stereocenters. The normalized spacial score (nSPS) is 28.0. The van der Waals surface area contributed by atoms with Gasteiger partial charge < -0.3 is 14.7 Å². The van der Waals surface area contributed by atoms with Crippen LogP contribution in [0.4, 0.5) is 0 Å². The zero-order valence-corrected chi connectivity index (χ0v) is 12.8. The van der Waals surface area contributed by atoms with Gasteiger partial charge in [-0.1, -0.05) is 30.3 Å². The number of nitrogens with zero attached hydrogens (tertiary/aromatic N) is 1. The quantitative estimate of drug-likeness (QED) is 0.903. The topological polar surface area (TPSA) is 32.7 Å². The largest absolute Gasteiger partial charge is 0.396 e. The van der Waals surface area contributed by atoms with E-state index in [1.807, 2.05) is 0 Å². The van der Waals surface area contributed by atoms with E-state index in [0.29, 0.717) is 0 Å². The van der Waals surface area contributed by atoms with Crippen LogP contribution in [0.2, 0.25) is 0 Å². The summed E-state index contributed by atoms with van der Waals surface area (Å²) in [6, 6.07) is 10.8. The average molecular weight is 289 g/mol. The zero-order chi connectivity index (χ0) is 14.5. The molecule has 0 aliphatic carbocycles. The minimum atomic E-state index is 0.00622. The molecule has 2 aliphatic heterocycles. The molecule has 0 aromatic heterocycles. The second-order valence-electron chi connectivity index (χ2n) is 6.87. The molecule has 21 heavy (non-hydrogen) atoms. The Bertz CT molecular complexity index is 420. The van der Waals surface area contributed by atoms with Crippen molar-refractivity contribution in [3.63, 3.8) is 0 Å². The van der Waals surface area contributed by atoms with Crippen molar-refractivity contribution in [2.45, 2.75) is 25.7 Å². The van der Waals surface area contributed by atoms with Crippen molar-refractivity contribution < 1.29 is 9.84 Å². The maximum absolute atomic E-state index is 9.69. The Kier molecular flexibility index (Phi) is 4.94. The lowest BCUT2D eigenvalue weighted by Crippen LogP contribution is -2.44. The summed E-state index contributed by atoms with van der Waals surface area (Å²) < 4.78 is 5.51. The lowest BCUT2D eigenvalue weighted by molar-refractivity contribution is 0.0444. The Labute approximate surface area is 127 Å². The summed E-state index contributed by atoms with van der Waals surface area (Å²) in [5.74, 6) is 0.813. The first-order valence-corrected chi connectivity index (χ1v) is 8.25. The van der Waals surface area contributed by atoms with Crippen LogP contribution in [-0.2, 0) is 11.2 Å². The van der Waals surface area contributed by atoms with Gasteiger partial charge >= 0.3 is 0 Å². The molecule has 2 fully saturated rings. The molecule has 0 saturated carbocycles. The number of aliphatic hydroxyl groups excluding tert-OH is 1. The number of aliphatic hydroxyl groups is 1. The summed E-state index contributed by atoms with van der Waals surface area (Å²) in [6.45, 7) is 5.13. The van der Waals surface area contributed by atoms with E-state index in [2.05, 4.69) is 35.2 Å². The highest BCUT2D eigenvalue weighted by Gasteiger charge is 2.36. The highest BCUT2D eigenvalue weighted by Crippen LogP contribution is 2.31.